The minimum Gasteiger partial charge on any atom is -0.313 e. The van der Waals surface area contributed by atoms with Crippen LogP contribution in [-0.2, 0) is 0 Å². The highest BCUT2D eigenvalue weighted by atomic mass is 15.3. The molecule has 1 aliphatic rings. The van der Waals surface area contributed by atoms with Gasteiger partial charge in [-0.25, -0.2) is 9.50 Å². The van der Waals surface area contributed by atoms with E-state index in [0.29, 0.717) is 0 Å². The monoisotopic (exact) mass is 231 g/mol. The van der Waals surface area contributed by atoms with Gasteiger partial charge in [0.05, 0.1) is 6.04 Å². The first-order valence-corrected chi connectivity index (χ1v) is 5.99. The maximum Gasteiger partial charge on any atom is 0.170 e. The van der Waals surface area contributed by atoms with Gasteiger partial charge in [-0.15, -0.1) is 5.10 Å². The lowest BCUT2D eigenvalue weighted by molar-refractivity contribution is 0.194. The van der Waals surface area contributed by atoms with Crippen LogP contribution in [0.2, 0.25) is 0 Å². The summed E-state index contributed by atoms with van der Waals surface area (Å²) in [5.41, 5.74) is 2.05. The van der Waals surface area contributed by atoms with Crippen LogP contribution in [0.15, 0.2) is 18.2 Å². The van der Waals surface area contributed by atoms with Crippen LogP contribution in [0.25, 0.3) is 5.65 Å². The zero-order valence-corrected chi connectivity index (χ0v) is 10.2. The van der Waals surface area contributed by atoms with E-state index < -0.39 is 0 Å². The lowest BCUT2D eigenvalue weighted by Crippen LogP contribution is -2.44. The Bertz CT molecular complexity index is 533. The Kier molecular flexibility index (Phi) is 2.57. The van der Waals surface area contributed by atoms with E-state index in [1.54, 1.807) is 0 Å². The predicted molar refractivity (Wildman–Crippen MR) is 66.0 cm³/mol. The van der Waals surface area contributed by atoms with E-state index in [1.807, 2.05) is 29.6 Å². The van der Waals surface area contributed by atoms with E-state index in [1.165, 1.54) is 0 Å². The molecule has 0 spiro atoms. The molecule has 1 fully saturated rings. The molecule has 17 heavy (non-hydrogen) atoms. The van der Waals surface area contributed by atoms with Crippen molar-refractivity contribution in [2.24, 2.45) is 0 Å². The number of hydrogen-bond donors (Lipinski definition) is 1. The Balaban J connectivity index is 2.02. The van der Waals surface area contributed by atoms with Crippen molar-refractivity contribution < 1.29 is 0 Å². The van der Waals surface area contributed by atoms with Crippen molar-refractivity contribution in [1.82, 2.24) is 24.8 Å². The van der Waals surface area contributed by atoms with E-state index in [4.69, 9.17) is 0 Å². The summed E-state index contributed by atoms with van der Waals surface area (Å²) < 4.78 is 1.91. The van der Waals surface area contributed by atoms with E-state index in [0.717, 1.165) is 36.8 Å². The van der Waals surface area contributed by atoms with E-state index in [2.05, 4.69) is 27.3 Å². The summed E-state index contributed by atoms with van der Waals surface area (Å²) in [4.78, 5) is 6.92. The van der Waals surface area contributed by atoms with Crippen LogP contribution < -0.4 is 5.32 Å². The molecule has 0 amide bonds. The molecule has 2 aromatic heterocycles. The van der Waals surface area contributed by atoms with Gasteiger partial charge in [0.2, 0.25) is 0 Å². The van der Waals surface area contributed by atoms with Crippen molar-refractivity contribution in [2.45, 2.75) is 13.0 Å². The first-order valence-electron chi connectivity index (χ1n) is 5.99. The maximum absolute atomic E-state index is 4.62. The minimum absolute atomic E-state index is 0.281. The highest BCUT2D eigenvalue weighted by Crippen LogP contribution is 2.18. The van der Waals surface area contributed by atoms with Gasteiger partial charge in [0, 0.05) is 25.3 Å². The summed E-state index contributed by atoms with van der Waals surface area (Å²) in [6.45, 7) is 5.05. The van der Waals surface area contributed by atoms with Gasteiger partial charge < -0.3 is 5.32 Å². The Hall–Kier alpha value is -1.46. The van der Waals surface area contributed by atoms with Crippen molar-refractivity contribution in [1.29, 1.82) is 0 Å². The summed E-state index contributed by atoms with van der Waals surface area (Å²) in [6, 6.07) is 6.35. The quantitative estimate of drug-likeness (QED) is 0.781. The van der Waals surface area contributed by atoms with Crippen LogP contribution in [0.5, 0.6) is 0 Å². The van der Waals surface area contributed by atoms with Gasteiger partial charge in [-0.05, 0) is 26.1 Å². The van der Waals surface area contributed by atoms with Gasteiger partial charge >= 0.3 is 0 Å². The lowest BCUT2D eigenvalue weighted by atomic mass is 10.2. The highest BCUT2D eigenvalue weighted by Gasteiger charge is 2.24. The second-order valence-corrected chi connectivity index (χ2v) is 4.61. The maximum atomic E-state index is 4.62. The number of rotatable bonds is 1. The molecule has 0 aromatic carbocycles. The van der Waals surface area contributed by atoms with Crippen LogP contribution >= 0.6 is 0 Å². The number of nitrogens with zero attached hydrogens (tertiary/aromatic N) is 4. The molecule has 1 unspecified atom stereocenters. The summed E-state index contributed by atoms with van der Waals surface area (Å²) in [7, 11) is 2.13. The first-order chi connectivity index (χ1) is 8.25. The molecule has 3 rings (SSSR count). The standard InChI is InChI=1S/C12H17N5/c1-9-4-3-5-11-14-12(15-17(9)11)10-8-13-6-7-16(10)2/h3-5,10,13H,6-8H2,1-2H3. The second-order valence-electron chi connectivity index (χ2n) is 4.61. The summed E-state index contributed by atoms with van der Waals surface area (Å²) in [5, 5.41) is 8.00. The minimum atomic E-state index is 0.281. The molecule has 0 saturated carbocycles. The molecular weight excluding hydrogens is 214 g/mol. The van der Waals surface area contributed by atoms with Crippen molar-refractivity contribution in [3.8, 4) is 0 Å². The predicted octanol–water partition coefficient (Wildman–Crippen LogP) is 0.614. The first kappa shape index (κ1) is 10.7. The normalized spacial score (nSPS) is 22.1. The van der Waals surface area contributed by atoms with Gasteiger partial charge in [-0.1, -0.05) is 6.07 Å². The molecule has 90 valence electrons. The molecule has 1 N–H and O–H groups in total. The highest BCUT2D eigenvalue weighted by molar-refractivity contribution is 5.39. The molecule has 5 heteroatoms. The van der Waals surface area contributed by atoms with Gasteiger partial charge in [0.15, 0.2) is 11.5 Å². The molecular formula is C12H17N5. The summed E-state index contributed by atoms with van der Waals surface area (Å²) >= 11 is 0. The number of nitrogens with one attached hydrogen (secondary N) is 1. The topological polar surface area (TPSA) is 45.5 Å². The van der Waals surface area contributed by atoms with E-state index in [9.17, 15) is 0 Å². The second kappa shape index (κ2) is 4.09. The number of aryl methyl sites for hydroxylation is 1. The average Bonchev–Trinajstić information content (AvgIpc) is 2.75. The molecule has 3 heterocycles. The third-order valence-corrected chi connectivity index (χ3v) is 3.37. The Labute approximate surface area is 100 Å². The van der Waals surface area contributed by atoms with Crippen molar-refractivity contribution in [3.63, 3.8) is 0 Å². The van der Waals surface area contributed by atoms with E-state index >= 15 is 0 Å². The van der Waals surface area contributed by atoms with Crippen LogP contribution in [-0.4, -0.2) is 46.2 Å². The van der Waals surface area contributed by atoms with Gasteiger partial charge in [0.25, 0.3) is 0 Å². The number of likely N-dealkylation sites (N-methyl/N-ethyl adjacent to an activating group) is 1. The molecule has 2 aromatic rings. The smallest absolute Gasteiger partial charge is 0.170 e. The lowest BCUT2D eigenvalue weighted by Gasteiger charge is -2.30. The number of fused-ring (bicyclic) bond motifs is 1. The Morgan fingerprint density at radius 2 is 2.29 bits per heavy atom. The fourth-order valence-electron chi connectivity index (χ4n) is 2.29. The molecule has 0 bridgehead atoms. The van der Waals surface area contributed by atoms with Crippen molar-refractivity contribution in [3.05, 3.63) is 29.7 Å². The SMILES string of the molecule is Cc1cccc2nc(C3CNCCN3C)nn12. The van der Waals surface area contributed by atoms with E-state index in [-0.39, 0.29) is 6.04 Å². The van der Waals surface area contributed by atoms with Crippen LogP contribution in [0.1, 0.15) is 17.6 Å². The van der Waals surface area contributed by atoms with Crippen molar-refractivity contribution >= 4 is 5.65 Å². The fourth-order valence-corrected chi connectivity index (χ4v) is 2.29. The van der Waals surface area contributed by atoms with Crippen molar-refractivity contribution in [2.75, 3.05) is 26.7 Å². The summed E-state index contributed by atoms with van der Waals surface area (Å²) in [5.74, 6) is 0.911. The van der Waals surface area contributed by atoms with Crippen LogP contribution in [0.3, 0.4) is 0 Å². The molecule has 1 aliphatic heterocycles. The third kappa shape index (κ3) is 1.81. The van der Waals surface area contributed by atoms with Gasteiger partial charge in [-0.3, -0.25) is 4.90 Å². The molecule has 0 aliphatic carbocycles. The van der Waals surface area contributed by atoms with Gasteiger partial charge in [-0.2, -0.15) is 0 Å². The fraction of sp³-hybridized carbons (Fsp3) is 0.500. The summed E-state index contributed by atoms with van der Waals surface area (Å²) in [6.07, 6.45) is 0. The number of aromatic nitrogens is 3. The molecule has 1 atom stereocenters. The molecule has 5 nitrogen and oxygen atoms in total. The zero-order valence-electron chi connectivity index (χ0n) is 10.2. The molecule has 0 radical (unpaired) electrons. The zero-order chi connectivity index (χ0) is 11.8. The third-order valence-electron chi connectivity index (χ3n) is 3.37. The Morgan fingerprint density at radius 3 is 3.06 bits per heavy atom. The molecule has 1 saturated heterocycles. The van der Waals surface area contributed by atoms with Crippen LogP contribution in [0, 0.1) is 6.92 Å². The Morgan fingerprint density at radius 1 is 1.41 bits per heavy atom. The van der Waals surface area contributed by atoms with Crippen LogP contribution in [0.4, 0.5) is 0 Å². The average molecular weight is 231 g/mol. The number of hydrogen-bond acceptors (Lipinski definition) is 4. The van der Waals surface area contributed by atoms with Gasteiger partial charge in [0.1, 0.15) is 0 Å². The largest absolute Gasteiger partial charge is 0.313 e. The number of piperazine rings is 1. The number of pyridine rings is 1.